The number of anilines is 2. The molecule has 0 spiro atoms. The first kappa shape index (κ1) is 28.7. The summed E-state index contributed by atoms with van der Waals surface area (Å²) in [5, 5.41) is 3.03. The van der Waals surface area contributed by atoms with Crippen LogP contribution in [0.4, 0.5) is 16.2 Å². The Morgan fingerprint density at radius 3 is 2.13 bits per heavy atom. The maximum Gasteiger partial charge on any atom is 0.317 e. The van der Waals surface area contributed by atoms with E-state index in [1.807, 2.05) is 43.6 Å². The number of hydrogen-bond donors (Lipinski definition) is 2. The van der Waals surface area contributed by atoms with Crippen LogP contribution in [-0.4, -0.2) is 75.0 Å². The molecule has 0 aromatic heterocycles. The van der Waals surface area contributed by atoms with Gasteiger partial charge >= 0.3 is 6.03 Å². The molecule has 212 valence electrons. The number of benzene rings is 2. The fourth-order valence-corrected chi connectivity index (χ4v) is 6.06. The number of hydrogen-bond acceptors (Lipinski definition) is 5. The molecule has 2 saturated heterocycles. The summed E-state index contributed by atoms with van der Waals surface area (Å²) >= 11 is 0. The van der Waals surface area contributed by atoms with Crippen LogP contribution in [0.1, 0.15) is 62.4 Å². The second-order valence-electron chi connectivity index (χ2n) is 11.5. The van der Waals surface area contributed by atoms with Crippen molar-refractivity contribution in [3.8, 4) is 0 Å². The van der Waals surface area contributed by atoms with E-state index in [9.17, 15) is 18.0 Å². The molecule has 10 heteroatoms. The fraction of sp³-hybridized carbons (Fsp3) is 0.517. The van der Waals surface area contributed by atoms with Crippen molar-refractivity contribution in [2.45, 2.75) is 63.8 Å². The van der Waals surface area contributed by atoms with E-state index in [0.717, 1.165) is 36.9 Å². The molecule has 2 N–H and O–H groups in total. The molecule has 3 amide bonds. The van der Waals surface area contributed by atoms with Gasteiger partial charge in [-0.05, 0) is 83.7 Å². The van der Waals surface area contributed by atoms with E-state index < -0.39 is 10.0 Å². The highest BCUT2D eigenvalue weighted by atomic mass is 32.2. The SMILES string of the molecule is Cc1ccc(S(=O)(=O)Nc2ccc(N3CCCN(C(=O)NC(C)(C)C)CC3)c(C(=O)N3CCCCC3)c2)cc1. The van der Waals surface area contributed by atoms with Crippen molar-refractivity contribution in [2.75, 3.05) is 48.9 Å². The number of carbonyl (C=O) groups is 2. The van der Waals surface area contributed by atoms with Crippen LogP contribution in [0.5, 0.6) is 0 Å². The number of nitrogens with zero attached hydrogens (tertiary/aromatic N) is 3. The predicted molar refractivity (Wildman–Crippen MR) is 155 cm³/mol. The second kappa shape index (κ2) is 11.9. The number of aryl methyl sites for hydroxylation is 1. The maximum atomic E-state index is 13.8. The molecule has 0 bridgehead atoms. The lowest BCUT2D eigenvalue weighted by Crippen LogP contribution is -2.49. The average Bonchev–Trinajstić information content (AvgIpc) is 3.14. The van der Waals surface area contributed by atoms with Crippen LogP contribution in [0, 0.1) is 6.92 Å². The Morgan fingerprint density at radius 1 is 0.795 bits per heavy atom. The topological polar surface area (TPSA) is 102 Å². The van der Waals surface area contributed by atoms with E-state index in [-0.39, 0.29) is 22.4 Å². The molecule has 0 aliphatic carbocycles. The van der Waals surface area contributed by atoms with Crippen molar-refractivity contribution >= 4 is 33.3 Å². The fourth-order valence-electron chi connectivity index (χ4n) is 5.01. The minimum atomic E-state index is -3.81. The summed E-state index contributed by atoms with van der Waals surface area (Å²) in [4.78, 5) is 32.5. The van der Waals surface area contributed by atoms with Crippen LogP contribution in [0.25, 0.3) is 0 Å². The van der Waals surface area contributed by atoms with Gasteiger partial charge in [-0.3, -0.25) is 9.52 Å². The summed E-state index contributed by atoms with van der Waals surface area (Å²) in [6, 6.07) is 11.8. The van der Waals surface area contributed by atoms with Crippen LogP contribution in [0.3, 0.4) is 0 Å². The first-order chi connectivity index (χ1) is 18.4. The number of piperidine rings is 1. The normalized spacial score (nSPS) is 17.0. The molecule has 4 rings (SSSR count). The summed E-state index contributed by atoms with van der Waals surface area (Å²) in [6.45, 7) is 11.6. The van der Waals surface area contributed by atoms with Crippen molar-refractivity contribution in [3.05, 3.63) is 53.6 Å². The third-order valence-electron chi connectivity index (χ3n) is 7.06. The van der Waals surface area contributed by atoms with Gasteiger partial charge in [0, 0.05) is 56.2 Å². The summed E-state index contributed by atoms with van der Waals surface area (Å²) in [6.07, 6.45) is 3.78. The number of rotatable bonds is 5. The number of nitrogens with one attached hydrogen (secondary N) is 2. The van der Waals surface area contributed by atoms with E-state index in [2.05, 4.69) is 14.9 Å². The maximum absolute atomic E-state index is 13.8. The van der Waals surface area contributed by atoms with Gasteiger partial charge in [-0.2, -0.15) is 0 Å². The number of likely N-dealkylation sites (tertiary alicyclic amines) is 1. The standard InChI is InChI=1S/C29H41N5O4S/c1-22-9-12-24(13-10-22)39(37,38)31-23-11-14-26(25(21-23)27(35)33-15-6-5-7-16-33)32-17-8-18-34(20-19-32)28(36)30-29(2,3)4/h9-14,21,31H,5-8,15-20H2,1-4H3,(H,30,36). The van der Waals surface area contributed by atoms with Crippen LogP contribution in [-0.2, 0) is 10.0 Å². The first-order valence-electron chi connectivity index (χ1n) is 13.8. The highest BCUT2D eigenvalue weighted by molar-refractivity contribution is 7.92. The van der Waals surface area contributed by atoms with Gasteiger partial charge in [-0.15, -0.1) is 0 Å². The highest BCUT2D eigenvalue weighted by Gasteiger charge is 2.27. The molecular formula is C29H41N5O4S. The lowest BCUT2D eigenvalue weighted by atomic mass is 10.1. The van der Waals surface area contributed by atoms with Gasteiger partial charge in [0.15, 0.2) is 0 Å². The van der Waals surface area contributed by atoms with Crippen molar-refractivity contribution in [1.29, 1.82) is 0 Å². The van der Waals surface area contributed by atoms with E-state index in [0.29, 0.717) is 50.5 Å². The zero-order chi connectivity index (χ0) is 28.2. The predicted octanol–water partition coefficient (Wildman–Crippen LogP) is 4.44. The number of urea groups is 1. The molecule has 2 aromatic carbocycles. The van der Waals surface area contributed by atoms with Crippen LogP contribution >= 0.6 is 0 Å². The Labute approximate surface area is 232 Å². The number of carbonyl (C=O) groups excluding carboxylic acids is 2. The van der Waals surface area contributed by atoms with Gasteiger partial charge < -0.3 is 20.0 Å². The monoisotopic (exact) mass is 555 g/mol. The van der Waals surface area contributed by atoms with Crippen molar-refractivity contribution in [1.82, 2.24) is 15.1 Å². The lowest BCUT2D eigenvalue weighted by Gasteiger charge is -2.31. The van der Waals surface area contributed by atoms with E-state index in [1.165, 1.54) is 0 Å². The Bertz CT molecular complexity index is 1280. The van der Waals surface area contributed by atoms with Gasteiger partial charge in [-0.1, -0.05) is 17.7 Å². The third kappa shape index (κ3) is 7.44. The Hall–Kier alpha value is -3.27. The molecular weight excluding hydrogens is 514 g/mol. The first-order valence-corrected chi connectivity index (χ1v) is 15.3. The molecule has 0 atom stereocenters. The zero-order valence-electron chi connectivity index (χ0n) is 23.5. The van der Waals surface area contributed by atoms with Crippen molar-refractivity contribution in [2.24, 2.45) is 0 Å². The molecule has 9 nitrogen and oxygen atoms in total. The highest BCUT2D eigenvalue weighted by Crippen LogP contribution is 2.29. The van der Waals surface area contributed by atoms with E-state index in [4.69, 9.17) is 0 Å². The number of amides is 3. The van der Waals surface area contributed by atoms with Crippen LogP contribution in [0.15, 0.2) is 47.4 Å². The van der Waals surface area contributed by atoms with Gasteiger partial charge in [0.05, 0.1) is 10.5 Å². The molecule has 2 fully saturated rings. The summed E-state index contributed by atoms with van der Waals surface area (Å²) in [5.74, 6) is -0.0901. The van der Waals surface area contributed by atoms with Gasteiger partial charge in [0.2, 0.25) is 0 Å². The Kier molecular flexibility index (Phi) is 8.73. The quantitative estimate of drug-likeness (QED) is 0.568. The second-order valence-corrected chi connectivity index (χ2v) is 13.2. The summed E-state index contributed by atoms with van der Waals surface area (Å²) in [5.41, 5.74) is 2.25. The van der Waals surface area contributed by atoms with E-state index in [1.54, 1.807) is 36.4 Å². The van der Waals surface area contributed by atoms with Crippen LogP contribution in [0.2, 0.25) is 0 Å². The molecule has 2 aromatic rings. The smallest absolute Gasteiger partial charge is 0.317 e. The Morgan fingerprint density at radius 2 is 1.46 bits per heavy atom. The molecule has 39 heavy (non-hydrogen) atoms. The van der Waals surface area contributed by atoms with E-state index >= 15 is 0 Å². The minimum Gasteiger partial charge on any atom is -0.369 e. The van der Waals surface area contributed by atoms with Crippen LogP contribution < -0.4 is 14.9 Å². The number of sulfonamides is 1. The molecule has 0 radical (unpaired) electrons. The van der Waals surface area contributed by atoms with Gasteiger partial charge in [-0.25, -0.2) is 13.2 Å². The minimum absolute atomic E-state index is 0.0881. The third-order valence-corrected chi connectivity index (χ3v) is 8.46. The molecule has 0 saturated carbocycles. The summed E-state index contributed by atoms with van der Waals surface area (Å²) in [7, 11) is -3.81. The zero-order valence-corrected chi connectivity index (χ0v) is 24.3. The molecule has 0 unspecified atom stereocenters. The average molecular weight is 556 g/mol. The Balaban J connectivity index is 1.60. The van der Waals surface area contributed by atoms with Crippen molar-refractivity contribution in [3.63, 3.8) is 0 Å². The molecule has 2 aliphatic rings. The molecule has 2 aliphatic heterocycles. The summed E-state index contributed by atoms with van der Waals surface area (Å²) < 4.78 is 28.8. The molecule has 2 heterocycles. The van der Waals surface area contributed by atoms with Gasteiger partial charge in [0.25, 0.3) is 15.9 Å². The lowest BCUT2D eigenvalue weighted by molar-refractivity contribution is 0.0725. The largest absolute Gasteiger partial charge is 0.369 e. The van der Waals surface area contributed by atoms with Crippen molar-refractivity contribution < 1.29 is 18.0 Å². The van der Waals surface area contributed by atoms with Gasteiger partial charge in [0.1, 0.15) is 0 Å².